The highest BCUT2D eigenvalue weighted by Gasteiger charge is 2.52. The van der Waals surface area contributed by atoms with E-state index in [-0.39, 0.29) is 24.4 Å². The first-order valence-corrected chi connectivity index (χ1v) is 7.98. The largest absolute Gasteiger partial charge is 0.494 e. The van der Waals surface area contributed by atoms with Crippen molar-refractivity contribution in [3.8, 4) is 0 Å². The van der Waals surface area contributed by atoms with Crippen molar-refractivity contribution < 1.29 is 9.31 Å². The number of fused-ring (bicyclic) bond motifs is 3. The molecule has 4 rings (SSSR count). The van der Waals surface area contributed by atoms with Gasteiger partial charge in [0.2, 0.25) is 0 Å². The summed E-state index contributed by atoms with van der Waals surface area (Å²) in [4.78, 5) is 0. The van der Waals surface area contributed by atoms with E-state index in [1.807, 2.05) is 0 Å². The van der Waals surface area contributed by atoms with Crippen LogP contribution in [0.2, 0.25) is 0 Å². The highest BCUT2D eigenvalue weighted by molar-refractivity contribution is 6.55. The second-order valence-electron chi connectivity index (χ2n) is 7.40. The zero-order valence-corrected chi connectivity index (χ0v) is 13.6. The summed E-state index contributed by atoms with van der Waals surface area (Å²) < 4.78 is 12.3. The van der Waals surface area contributed by atoms with Crippen molar-refractivity contribution in [1.29, 1.82) is 0 Å². The monoisotopic (exact) mass is 295 g/mol. The Balaban J connectivity index is 1.60. The van der Waals surface area contributed by atoms with Gasteiger partial charge in [-0.2, -0.15) is 0 Å². The SMILES string of the molecule is CC1(C)OB(C2=CC3Nc4ccccc4C3C=C2)OC1(C)C. The van der Waals surface area contributed by atoms with Crippen LogP contribution in [0.4, 0.5) is 5.69 Å². The third-order valence-corrected chi connectivity index (χ3v) is 5.42. The number of benzene rings is 1. The van der Waals surface area contributed by atoms with Gasteiger partial charge in [0.05, 0.1) is 17.2 Å². The number of rotatable bonds is 1. The van der Waals surface area contributed by atoms with E-state index in [0.717, 1.165) is 5.47 Å². The lowest BCUT2D eigenvalue weighted by molar-refractivity contribution is 0.00578. The summed E-state index contributed by atoms with van der Waals surface area (Å²) in [6.07, 6.45) is 6.68. The highest BCUT2D eigenvalue weighted by Crippen LogP contribution is 2.43. The van der Waals surface area contributed by atoms with Crippen LogP contribution in [-0.2, 0) is 9.31 Å². The fourth-order valence-corrected chi connectivity index (χ4v) is 3.36. The molecule has 2 aliphatic heterocycles. The molecule has 1 saturated heterocycles. The molecule has 2 heterocycles. The fraction of sp³-hybridized carbons (Fsp3) is 0.444. The molecule has 2 unspecified atom stereocenters. The maximum absolute atomic E-state index is 6.16. The van der Waals surface area contributed by atoms with E-state index in [0.29, 0.717) is 5.92 Å². The van der Waals surface area contributed by atoms with Crippen molar-refractivity contribution in [2.75, 3.05) is 5.32 Å². The van der Waals surface area contributed by atoms with E-state index in [9.17, 15) is 0 Å². The van der Waals surface area contributed by atoms with E-state index in [2.05, 4.69) is 75.5 Å². The van der Waals surface area contributed by atoms with Crippen molar-refractivity contribution in [3.63, 3.8) is 0 Å². The average molecular weight is 295 g/mol. The molecule has 1 aromatic rings. The Kier molecular flexibility index (Phi) is 2.88. The Hall–Kier alpha value is -1.52. The van der Waals surface area contributed by atoms with Crippen LogP contribution in [0.3, 0.4) is 0 Å². The summed E-state index contributed by atoms with van der Waals surface area (Å²) in [5.74, 6) is 0.405. The Morgan fingerprint density at radius 1 is 1.05 bits per heavy atom. The van der Waals surface area contributed by atoms with E-state index < -0.39 is 0 Å². The Morgan fingerprint density at radius 3 is 2.45 bits per heavy atom. The molecule has 0 bridgehead atoms. The zero-order chi connectivity index (χ0) is 15.5. The van der Waals surface area contributed by atoms with Gasteiger partial charge in [0.15, 0.2) is 0 Å². The van der Waals surface area contributed by atoms with E-state index in [4.69, 9.17) is 9.31 Å². The molecule has 3 aliphatic rings. The molecule has 0 amide bonds. The molecule has 3 nitrogen and oxygen atoms in total. The molecule has 1 N–H and O–H groups in total. The van der Waals surface area contributed by atoms with Gasteiger partial charge in [0, 0.05) is 11.6 Å². The van der Waals surface area contributed by atoms with Crippen LogP contribution in [0.5, 0.6) is 0 Å². The van der Waals surface area contributed by atoms with Gasteiger partial charge >= 0.3 is 7.12 Å². The average Bonchev–Trinajstić information content (AvgIpc) is 2.93. The van der Waals surface area contributed by atoms with E-state index >= 15 is 0 Å². The number of nitrogens with one attached hydrogen (secondary N) is 1. The molecule has 1 aliphatic carbocycles. The number of anilines is 1. The molecule has 0 radical (unpaired) electrons. The lowest BCUT2D eigenvalue weighted by Crippen LogP contribution is -2.41. The second kappa shape index (κ2) is 4.50. The van der Waals surface area contributed by atoms with Crippen LogP contribution in [0, 0.1) is 0 Å². The number of para-hydroxylation sites is 1. The summed E-state index contributed by atoms with van der Waals surface area (Å²) in [7, 11) is -0.285. The maximum atomic E-state index is 6.16. The van der Waals surface area contributed by atoms with Gasteiger partial charge in [-0.05, 0) is 44.8 Å². The quantitative estimate of drug-likeness (QED) is 0.801. The third-order valence-electron chi connectivity index (χ3n) is 5.42. The first kappa shape index (κ1) is 14.1. The third kappa shape index (κ3) is 1.98. The van der Waals surface area contributed by atoms with Gasteiger partial charge in [-0.3, -0.25) is 0 Å². The summed E-state index contributed by atoms with van der Waals surface area (Å²) in [6, 6.07) is 8.81. The lowest BCUT2D eigenvalue weighted by Gasteiger charge is -2.32. The predicted octanol–water partition coefficient (Wildman–Crippen LogP) is 3.69. The molecule has 1 aromatic carbocycles. The molecule has 0 aromatic heterocycles. The number of allylic oxidation sites excluding steroid dienone is 2. The minimum absolute atomic E-state index is 0.285. The predicted molar refractivity (Wildman–Crippen MR) is 89.9 cm³/mol. The van der Waals surface area contributed by atoms with Gasteiger partial charge in [-0.1, -0.05) is 36.4 Å². The van der Waals surface area contributed by atoms with Crippen LogP contribution >= 0.6 is 0 Å². The number of hydrogen-bond donors (Lipinski definition) is 1. The lowest BCUT2D eigenvalue weighted by atomic mass is 9.73. The zero-order valence-electron chi connectivity index (χ0n) is 13.6. The number of hydrogen-bond acceptors (Lipinski definition) is 3. The summed E-state index contributed by atoms with van der Waals surface area (Å²) in [6.45, 7) is 8.36. The summed E-state index contributed by atoms with van der Waals surface area (Å²) in [5.41, 5.74) is 3.12. The van der Waals surface area contributed by atoms with Crippen LogP contribution in [0.1, 0.15) is 39.2 Å². The first-order valence-electron chi connectivity index (χ1n) is 7.98. The Morgan fingerprint density at radius 2 is 1.73 bits per heavy atom. The van der Waals surface area contributed by atoms with Crippen molar-refractivity contribution in [1.82, 2.24) is 0 Å². The second-order valence-corrected chi connectivity index (χ2v) is 7.40. The van der Waals surface area contributed by atoms with Crippen LogP contribution in [0.25, 0.3) is 0 Å². The van der Waals surface area contributed by atoms with Crippen LogP contribution < -0.4 is 5.32 Å². The molecule has 4 heteroatoms. The Labute approximate surface area is 132 Å². The summed E-state index contributed by atoms with van der Waals surface area (Å²) >= 11 is 0. The molecular formula is C18H22BNO2. The van der Waals surface area contributed by atoms with Crippen molar-refractivity contribution >= 4 is 12.8 Å². The minimum atomic E-state index is -0.296. The molecule has 0 saturated carbocycles. The van der Waals surface area contributed by atoms with E-state index in [1.165, 1.54) is 11.3 Å². The van der Waals surface area contributed by atoms with Gasteiger partial charge in [-0.15, -0.1) is 0 Å². The molecule has 114 valence electrons. The smallest absolute Gasteiger partial charge is 0.399 e. The molecular weight excluding hydrogens is 273 g/mol. The minimum Gasteiger partial charge on any atom is -0.399 e. The highest BCUT2D eigenvalue weighted by atomic mass is 16.7. The standard InChI is InChI=1S/C18H22BNO2/c1-17(2)18(3,4)22-19(21-17)12-9-10-14-13-7-5-6-8-15(13)20-16(14)11-12/h5-11,14,16,20H,1-4H3. The van der Waals surface area contributed by atoms with Gasteiger partial charge in [-0.25, -0.2) is 0 Å². The van der Waals surface area contributed by atoms with Gasteiger partial charge < -0.3 is 14.6 Å². The molecule has 22 heavy (non-hydrogen) atoms. The topological polar surface area (TPSA) is 30.5 Å². The van der Waals surface area contributed by atoms with Crippen molar-refractivity contribution in [2.24, 2.45) is 0 Å². The van der Waals surface area contributed by atoms with Crippen LogP contribution in [-0.4, -0.2) is 24.4 Å². The van der Waals surface area contributed by atoms with E-state index in [1.54, 1.807) is 0 Å². The summed E-state index contributed by atoms with van der Waals surface area (Å²) in [5, 5.41) is 3.59. The van der Waals surface area contributed by atoms with Gasteiger partial charge in [0.25, 0.3) is 0 Å². The van der Waals surface area contributed by atoms with Crippen molar-refractivity contribution in [3.05, 3.63) is 53.5 Å². The maximum Gasteiger partial charge on any atom is 0.494 e. The van der Waals surface area contributed by atoms with Crippen LogP contribution in [0.15, 0.2) is 48.0 Å². The molecule has 2 atom stereocenters. The normalized spacial score (nSPS) is 30.5. The van der Waals surface area contributed by atoms with Crippen molar-refractivity contribution in [2.45, 2.75) is 50.9 Å². The van der Waals surface area contributed by atoms with Gasteiger partial charge in [0.1, 0.15) is 0 Å². The molecule has 0 spiro atoms. The first-order chi connectivity index (χ1) is 10.4. The fourth-order valence-electron chi connectivity index (χ4n) is 3.36. The Bertz CT molecular complexity index is 661. The molecule has 1 fully saturated rings.